The summed E-state index contributed by atoms with van der Waals surface area (Å²) in [5, 5.41) is 3.12. The fraction of sp³-hybridized carbons (Fsp3) is 0.385. The van der Waals surface area contributed by atoms with Gasteiger partial charge in [-0.3, -0.25) is 0 Å². The molecule has 0 amide bonds. The van der Waals surface area contributed by atoms with Crippen LogP contribution >= 0.6 is 0 Å². The van der Waals surface area contributed by atoms with Gasteiger partial charge in [-0.2, -0.15) is 0 Å². The molecule has 2 heteroatoms. The Labute approximate surface area is 92.0 Å². The molecule has 15 heavy (non-hydrogen) atoms. The van der Waals surface area contributed by atoms with Gasteiger partial charge in [0.2, 0.25) is 0 Å². The molecule has 0 aromatic heterocycles. The fourth-order valence-electron chi connectivity index (χ4n) is 1.40. The number of aryl methyl sites for hydroxylation is 1. The van der Waals surface area contributed by atoms with Crippen molar-refractivity contribution in [1.29, 1.82) is 0 Å². The molecule has 0 aliphatic rings. The van der Waals surface area contributed by atoms with Crippen LogP contribution in [0.4, 0.5) is 0 Å². The van der Waals surface area contributed by atoms with Crippen molar-refractivity contribution in [1.82, 2.24) is 5.32 Å². The van der Waals surface area contributed by atoms with E-state index >= 15 is 0 Å². The lowest BCUT2D eigenvalue weighted by Crippen LogP contribution is -2.05. The molecule has 0 fully saturated rings. The molecule has 1 N–H and O–H groups in total. The molecule has 0 aliphatic carbocycles. The van der Waals surface area contributed by atoms with E-state index in [1.165, 1.54) is 11.1 Å². The Bertz CT molecular complexity index is 331. The first kappa shape index (κ1) is 11.8. The van der Waals surface area contributed by atoms with Crippen molar-refractivity contribution in [2.24, 2.45) is 0 Å². The minimum absolute atomic E-state index is 0.917. The Morgan fingerprint density at radius 1 is 1.40 bits per heavy atom. The topological polar surface area (TPSA) is 21.3 Å². The number of benzene rings is 1. The number of rotatable bonds is 5. The summed E-state index contributed by atoms with van der Waals surface area (Å²) in [6.07, 6.45) is 5.40. The van der Waals surface area contributed by atoms with Crippen LogP contribution in [0.2, 0.25) is 0 Å². The lowest BCUT2D eigenvalue weighted by molar-refractivity contribution is 0.414. The second-order valence-electron chi connectivity index (χ2n) is 3.52. The average Bonchev–Trinajstić information content (AvgIpc) is 2.26. The van der Waals surface area contributed by atoms with Crippen LogP contribution < -0.4 is 10.1 Å². The van der Waals surface area contributed by atoms with Gasteiger partial charge in [0.1, 0.15) is 5.75 Å². The molecule has 0 unspecified atom stereocenters. The number of nitrogens with one attached hydrogen (secondary N) is 1. The molecule has 0 spiro atoms. The van der Waals surface area contributed by atoms with E-state index in [9.17, 15) is 0 Å². The highest BCUT2D eigenvalue weighted by atomic mass is 16.5. The van der Waals surface area contributed by atoms with Crippen LogP contribution in [0.5, 0.6) is 5.75 Å². The smallest absolute Gasteiger partial charge is 0.119 e. The lowest BCUT2D eigenvalue weighted by atomic mass is 10.1. The highest BCUT2D eigenvalue weighted by Crippen LogP contribution is 2.17. The molecule has 0 bridgehead atoms. The van der Waals surface area contributed by atoms with E-state index in [0.29, 0.717) is 0 Å². The molecular formula is C13H19NO. The molecule has 0 saturated heterocycles. The Balaban J connectivity index is 2.65. The maximum atomic E-state index is 5.16. The standard InChI is InChI=1S/C13H19NO/c1-11-10-13(15-3)8-7-12(11)6-4-5-9-14-2/h4,6-8,10,14H,5,9H2,1-3H3. The minimum Gasteiger partial charge on any atom is -0.497 e. The van der Waals surface area contributed by atoms with Gasteiger partial charge in [0.05, 0.1) is 7.11 Å². The van der Waals surface area contributed by atoms with E-state index in [4.69, 9.17) is 4.74 Å². The number of methoxy groups -OCH3 is 1. The van der Waals surface area contributed by atoms with Gasteiger partial charge in [0, 0.05) is 0 Å². The zero-order valence-electron chi connectivity index (χ0n) is 9.71. The molecule has 0 saturated carbocycles. The summed E-state index contributed by atoms with van der Waals surface area (Å²) in [6.45, 7) is 3.12. The fourth-order valence-corrected chi connectivity index (χ4v) is 1.40. The van der Waals surface area contributed by atoms with Gasteiger partial charge < -0.3 is 10.1 Å². The molecule has 0 heterocycles. The Morgan fingerprint density at radius 2 is 2.20 bits per heavy atom. The summed E-state index contributed by atoms with van der Waals surface area (Å²) in [7, 11) is 3.66. The molecule has 1 rings (SSSR count). The zero-order valence-corrected chi connectivity index (χ0v) is 9.71. The van der Waals surface area contributed by atoms with E-state index in [2.05, 4.69) is 36.5 Å². The third kappa shape index (κ3) is 3.76. The minimum atomic E-state index is 0.917. The van der Waals surface area contributed by atoms with Crippen LogP contribution in [0.15, 0.2) is 24.3 Å². The molecule has 82 valence electrons. The maximum absolute atomic E-state index is 5.16. The quantitative estimate of drug-likeness (QED) is 0.746. The molecule has 0 atom stereocenters. The number of hydrogen-bond acceptors (Lipinski definition) is 2. The van der Waals surface area contributed by atoms with Crippen molar-refractivity contribution in [2.75, 3.05) is 20.7 Å². The molecule has 0 aliphatic heterocycles. The summed E-state index contributed by atoms with van der Waals surface area (Å²) in [4.78, 5) is 0. The molecule has 2 nitrogen and oxygen atoms in total. The molecular weight excluding hydrogens is 186 g/mol. The van der Waals surface area contributed by atoms with Gasteiger partial charge in [0.15, 0.2) is 0 Å². The third-order valence-corrected chi connectivity index (χ3v) is 2.34. The first-order chi connectivity index (χ1) is 7.27. The monoisotopic (exact) mass is 205 g/mol. The van der Waals surface area contributed by atoms with Crippen molar-refractivity contribution < 1.29 is 4.74 Å². The Morgan fingerprint density at radius 3 is 2.80 bits per heavy atom. The van der Waals surface area contributed by atoms with E-state index in [-0.39, 0.29) is 0 Å². The molecule has 1 aromatic rings. The predicted octanol–water partition coefficient (Wildman–Crippen LogP) is 2.63. The third-order valence-electron chi connectivity index (χ3n) is 2.34. The highest BCUT2D eigenvalue weighted by Gasteiger charge is 1.96. The summed E-state index contributed by atoms with van der Waals surface area (Å²) < 4.78 is 5.16. The van der Waals surface area contributed by atoms with Gasteiger partial charge in [-0.25, -0.2) is 0 Å². The van der Waals surface area contributed by atoms with Crippen molar-refractivity contribution >= 4 is 6.08 Å². The van der Waals surface area contributed by atoms with Crippen LogP contribution in [0, 0.1) is 6.92 Å². The predicted molar refractivity (Wildman–Crippen MR) is 65.3 cm³/mol. The van der Waals surface area contributed by atoms with Crippen molar-refractivity contribution in [2.45, 2.75) is 13.3 Å². The second kappa shape index (κ2) is 6.25. The van der Waals surface area contributed by atoms with Gasteiger partial charge in [-0.05, 0) is 50.2 Å². The summed E-state index contributed by atoms with van der Waals surface area (Å²) >= 11 is 0. The first-order valence-electron chi connectivity index (χ1n) is 5.23. The van der Waals surface area contributed by atoms with Crippen LogP contribution in [0.3, 0.4) is 0 Å². The van der Waals surface area contributed by atoms with E-state index < -0.39 is 0 Å². The van der Waals surface area contributed by atoms with Crippen molar-refractivity contribution in [3.63, 3.8) is 0 Å². The summed E-state index contributed by atoms with van der Waals surface area (Å²) in [5.41, 5.74) is 2.50. The van der Waals surface area contributed by atoms with Crippen LogP contribution in [-0.4, -0.2) is 20.7 Å². The van der Waals surface area contributed by atoms with Gasteiger partial charge in [0.25, 0.3) is 0 Å². The van der Waals surface area contributed by atoms with Crippen molar-refractivity contribution in [3.05, 3.63) is 35.4 Å². The van der Waals surface area contributed by atoms with E-state index in [0.717, 1.165) is 18.7 Å². The van der Waals surface area contributed by atoms with E-state index in [1.807, 2.05) is 13.1 Å². The van der Waals surface area contributed by atoms with Crippen LogP contribution in [0.25, 0.3) is 6.08 Å². The Hall–Kier alpha value is -1.28. The highest BCUT2D eigenvalue weighted by molar-refractivity contribution is 5.55. The first-order valence-corrected chi connectivity index (χ1v) is 5.23. The van der Waals surface area contributed by atoms with Crippen LogP contribution in [0.1, 0.15) is 17.5 Å². The number of hydrogen-bond donors (Lipinski definition) is 1. The zero-order chi connectivity index (χ0) is 11.1. The largest absolute Gasteiger partial charge is 0.497 e. The Kier molecular flexibility index (Phi) is 4.91. The van der Waals surface area contributed by atoms with Gasteiger partial charge >= 0.3 is 0 Å². The summed E-state index contributed by atoms with van der Waals surface area (Å²) in [6, 6.07) is 6.13. The van der Waals surface area contributed by atoms with Crippen molar-refractivity contribution in [3.8, 4) is 5.75 Å². The van der Waals surface area contributed by atoms with Gasteiger partial charge in [-0.15, -0.1) is 0 Å². The van der Waals surface area contributed by atoms with E-state index in [1.54, 1.807) is 7.11 Å². The maximum Gasteiger partial charge on any atom is 0.119 e. The van der Waals surface area contributed by atoms with Gasteiger partial charge in [-0.1, -0.05) is 18.2 Å². The molecule has 1 aromatic carbocycles. The van der Waals surface area contributed by atoms with Crippen LogP contribution in [-0.2, 0) is 0 Å². The lowest BCUT2D eigenvalue weighted by Gasteiger charge is -2.04. The number of ether oxygens (including phenoxy) is 1. The average molecular weight is 205 g/mol. The second-order valence-corrected chi connectivity index (χ2v) is 3.52. The summed E-state index contributed by atoms with van der Waals surface area (Å²) in [5.74, 6) is 0.917. The SMILES string of the molecule is CNCCC=Cc1ccc(OC)cc1C. The normalized spacial score (nSPS) is 10.9. The molecule has 0 radical (unpaired) electrons.